The highest BCUT2D eigenvalue weighted by Gasteiger charge is 2.19. The van der Waals surface area contributed by atoms with Gasteiger partial charge in [-0.05, 0) is 50.8 Å². The van der Waals surface area contributed by atoms with Crippen molar-refractivity contribution < 1.29 is 9.53 Å². The van der Waals surface area contributed by atoms with Crippen LogP contribution in [0.5, 0.6) is 0 Å². The predicted molar refractivity (Wildman–Crippen MR) is 115 cm³/mol. The number of hydrogen-bond acceptors (Lipinski definition) is 2. The van der Waals surface area contributed by atoms with Gasteiger partial charge in [-0.2, -0.15) is 0 Å². The van der Waals surface area contributed by atoms with Crippen molar-refractivity contribution in [3.05, 3.63) is 9.47 Å². The van der Waals surface area contributed by atoms with E-state index < -0.39 is 0 Å². The molecule has 2 nitrogen and oxygen atoms in total. The van der Waals surface area contributed by atoms with E-state index in [1.165, 1.54) is 71.1 Å². The lowest BCUT2D eigenvalue weighted by molar-refractivity contribution is -0.146. The van der Waals surface area contributed by atoms with Gasteiger partial charge >= 0.3 is 5.97 Å². The Morgan fingerprint density at radius 2 is 1.38 bits per heavy atom. The molecule has 0 aromatic carbocycles. The third-order valence-electron chi connectivity index (χ3n) is 4.05. The van der Waals surface area contributed by atoms with Crippen molar-refractivity contribution >= 4 is 53.8 Å². The molecule has 0 heterocycles. The van der Waals surface area contributed by atoms with Crippen LogP contribution in [0.3, 0.4) is 0 Å². The van der Waals surface area contributed by atoms with Crippen LogP contribution >= 0.6 is 47.8 Å². The third-order valence-corrected chi connectivity index (χ3v) is 5.43. The quantitative estimate of drug-likeness (QED) is 0.121. The lowest BCUT2D eigenvalue weighted by Crippen LogP contribution is -2.25. The third kappa shape index (κ3) is 16.1. The van der Waals surface area contributed by atoms with Crippen LogP contribution in [0, 0.1) is 0 Å². The first-order chi connectivity index (χ1) is 11.5. The highest BCUT2D eigenvalue weighted by molar-refractivity contribution is 9.28. The zero-order chi connectivity index (χ0) is 18.2. The zero-order valence-corrected chi connectivity index (χ0v) is 19.9. The number of halogens is 3. The van der Waals surface area contributed by atoms with Crippen molar-refractivity contribution in [2.24, 2.45) is 0 Å². The van der Waals surface area contributed by atoms with Gasteiger partial charge in [-0.3, -0.25) is 4.79 Å². The maximum Gasteiger partial charge on any atom is 0.302 e. The maximum absolute atomic E-state index is 11.3. The summed E-state index contributed by atoms with van der Waals surface area (Å²) in [7, 11) is 0. The molecule has 0 spiro atoms. The summed E-state index contributed by atoms with van der Waals surface area (Å²) in [5, 5.41) is 0. The number of unbranched alkanes of at least 4 members (excludes halogenated alkanes) is 10. The first-order valence-electron chi connectivity index (χ1n) is 9.31. The van der Waals surface area contributed by atoms with Gasteiger partial charge in [0.15, 0.2) is 0 Å². The molecule has 0 amide bonds. The smallest absolute Gasteiger partial charge is 0.302 e. The SMILES string of the molecule is CCCCCCCCCCCCC[C@H](OC(C)=O)[C@H](Br)C=C(Br)Br. The summed E-state index contributed by atoms with van der Waals surface area (Å²) < 4.78 is 6.30. The molecule has 0 aliphatic rings. The molecule has 5 heteroatoms. The number of ether oxygens (including phenoxy) is 1. The first-order valence-corrected chi connectivity index (χ1v) is 11.8. The van der Waals surface area contributed by atoms with E-state index in [0.29, 0.717) is 0 Å². The van der Waals surface area contributed by atoms with Crippen molar-refractivity contribution in [3.8, 4) is 0 Å². The van der Waals surface area contributed by atoms with E-state index >= 15 is 0 Å². The fourth-order valence-corrected chi connectivity index (χ4v) is 4.65. The van der Waals surface area contributed by atoms with E-state index in [4.69, 9.17) is 4.74 Å². The van der Waals surface area contributed by atoms with Crippen molar-refractivity contribution in [1.29, 1.82) is 0 Å². The van der Waals surface area contributed by atoms with Gasteiger partial charge in [0.1, 0.15) is 6.10 Å². The highest BCUT2D eigenvalue weighted by atomic mass is 79.9. The number of rotatable bonds is 15. The maximum atomic E-state index is 11.3. The van der Waals surface area contributed by atoms with E-state index in [1.54, 1.807) is 0 Å². The molecule has 0 rings (SSSR count). The molecule has 0 aromatic heterocycles. The van der Waals surface area contributed by atoms with Crippen LogP contribution in [0.25, 0.3) is 0 Å². The summed E-state index contributed by atoms with van der Waals surface area (Å²) >= 11 is 10.3. The summed E-state index contributed by atoms with van der Waals surface area (Å²) in [5.41, 5.74) is 0. The Labute approximate surface area is 173 Å². The van der Waals surface area contributed by atoms with Gasteiger partial charge in [-0.25, -0.2) is 0 Å². The molecule has 0 bridgehead atoms. The minimum absolute atomic E-state index is 0.0262. The zero-order valence-electron chi connectivity index (χ0n) is 15.2. The van der Waals surface area contributed by atoms with Gasteiger partial charge in [-0.1, -0.05) is 87.1 Å². The molecule has 0 aromatic rings. The Morgan fingerprint density at radius 1 is 0.917 bits per heavy atom. The number of esters is 1. The highest BCUT2D eigenvalue weighted by Crippen LogP contribution is 2.24. The van der Waals surface area contributed by atoms with Crippen molar-refractivity contribution in [3.63, 3.8) is 0 Å². The summed E-state index contributed by atoms with van der Waals surface area (Å²) in [6, 6.07) is 0. The number of carbonyl (C=O) groups is 1. The summed E-state index contributed by atoms with van der Waals surface area (Å²) in [6.45, 7) is 3.74. The number of carbonyl (C=O) groups excluding carboxylic acids is 1. The lowest BCUT2D eigenvalue weighted by Gasteiger charge is -2.20. The molecule has 0 aliphatic heterocycles. The topological polar surface area (TPSA) is 26.3 Å². The average molecular weight is 533 g/mol. The Hall–Kier alpha value is 0.650. The van der Waals surface area contributed by atoms with Crippen LogP contribution in [0.15, 0.2) is 9.47 Å². The molecule has 0 fully saturated rings. The van der Waals surface area contributed by atoms with Gasteiger partial charge < -0.3 is 4.74 Å². The molecule has 0 N–H and O–H groups in total. The number of alkyl halides is 1. The van der Waals surface area contributed by atoms with Crippen LogP contribution < -0.4 is 0 Å². The Balaban J connectivity index is 3.73. The molecule has 2 atom stereocenters. The van der Waals surface area contributed by atoms with Gasteiger partial charge in [0.2, 0.25) is 0 Å². The summed E-state index contributed by atoms with van der Waals surface area (Å²) in [4.78, 5) is 11.3. The van der Waals surface area contributed by atoms with Crippen LogP contribution in [0.1, 0.15) is 90.9 Å². The molecule has 0 saturated heterocycles. The average Bonchev–Trinajstić information content (AvgIpc) is 2.50. The Morgan fingerprint density at radius 3 is 1.79 bits per heavy atom. The molecule has 0 saturated carbocycles. The molecular weight excluding hydrogens is 500 g/mol. The molecule has 142 valence electrons. The number of hydrogen-bond donors (Lipinski definition) is 0. The van der Waals surface area contributed by atoms with Crippen LogP contribution in [0.2, 0.25) is 0 Å². The molecule has 0 radical (unpaired) electrons. The molecule has 0 unspecified atom stereocenters. The minimum atomic E-state index is -0.216. The fourth-order valence-electron chi connectivity index (χ4n) is 2.73. The first kappa shape index (κ1) is 24.7. The van der Waals surface area contributed by atoms with E-state index in [2.05, 4.69) is 54.7 Å². The van der Waals surface area contributed by atoms with Crippen LogP contribution in [0.4, 0.5) is 0 Å². The van der Waals surface area contributed by atoms with E-state index in [0.717, 1.165) is 16.2 Å². The van der Waals surface area contributed by atoms with E-state index in [1.807, 2.05) is 6.08 Å². The molecular formula is C19H33Br3O2. The van der Waals surface area contributed by atoms with Gasteiger partial charge in [0.05, 0.1) is 8.22 Å². The normalized spacial score (nSPS) is 13.4. The van der Waals surface area contributed by atoms with Crippen LogP contribution in [-0.4, -0.2) is 16.9 Å². The molecule has 24 heavy (non-hydrogen) atoms. The van der Waals surface area contributed by atoms with Gasteiger partial charge in [-0.15, -0.1) is 0 Å². The fraction of sp³-hybridized carbons (Fsp3) is 0.842. The minimum Gasteiger partial charge on any atom is -0.461 e. The lowest BCUT2D eigenvalue weighted by atomic mass is 10.0. The van der Waals surface area contributed by atoms with Crippen molar-refractivity contribution in [2.45, 2.75) is 102 Å². The Kier molecular flexibility index (Phi) is 17.5. The predicted octanol–water partition coefficient (Wildman–Crippen LogP) is 8.01. The van der Waals surface area contributed by atoms with Gasteiger partial charge in [0.25, 0.3) is 0 Å². The summed E-state index contributed by atoms with van der Waals surface area (Å²) in [6.07, 6.45) is 17.3. The van der Waals surface area contributed by atoms with Crippen LogP contribution in [-0.2, 0) is 9.53 Å². The second-order valence-corrected chi connectivity index (χ2v) is 10.2. The van der Waals surface area contributed by atoms with Crippen molar-refractivity contribution in [2.75, 3.05) is 0 Å². The van der Waals surface area contributed by atoms with E-state index in [9.17, 15) is 4.79 Å². The second kappa shape index (κ2) is 17.1. The monoisotopic (exact) mass is 530 g/mol. The van der Waals surface area contributed by atoms with E-state index in [-0.39, 0.29) is 16.9 Å². The standard InChI is InChI=1S/C19H33Br3O2/c1-3-4-5-6-7-8-9-10-11-12-13-14-18(24-16(2)23)17(20)15-19(21)22/h15,17-18H,3-14H2,1-2H3/t17-,18+/m1/s1. The van der Waals surface area contributed by atoms with Gasteiger partial charge in [0, 0.05) is 6.92 Å². The Bertz CT molecular complexity index is 342. The largest absolute Gasteiger partial charge is 0.461 e. The molecule has 0 aliphatic carbocycles. The second-order valence-electron chi connectivity index (χ2n) is 6.37. The summed E-state index contributed by atoms with van der Waals surface area (Å²) in [5.74, 6) is -0.216. The van der Waals surface area contributed by atoms with Crippen molar-refractivity contribution in [1.82, 2.24) is 0 Å².